The summed E-state index contributed by atoms with van der Waals surface area (Å²) in [6, 6.07) is 5.25. The Morgan fingerprint density at radius 2 is 1.91 bits per heavy atom. The number of dihydropyridines is 1. The van der Waals surface area contributed by atoms with E-state index in [-0.39, 0.29) is 18.3 Å². The molecule has 0 spiro atoms. The maximum atomic E-state index is 13.8. The van der Waals surface area contributed by atoms with Crippen LogP contribution in [0.2, 0.25) is 0 Å². The van der Waals surface area contributed by atoms with E-state index in [0.717, 1.165) is 5.75 Å². The van der Waals surface area contributed by atoms with Crippen LogP contribution >= 0.6 is 11.8 Å². The van der Waals surface area contributed by atoms with E-state index < -0.39 is 23.8 Å². The fourth-order valence-corrected chi connectivity index (χ4v) is 5.22. The molecule has 3 rings (SSSR count). The number of carbonyl (C=O) groups excluding carboxylic acids is 3. The number of ether oxygens (including phenoxy) is 4. The summed E-state index contributed by atoms with van der Waals surface area (Å²) in [4.78, 5) is 39.7. The van der Waals surface area contributed by atoms with Gasteiger partial charge in [0, 0.05) is 34.3 Å². The maximum Gasteiger partial charge on any atom is 0.336 e. The Bertz CT molecular complexity index is 1060. The lowest BCUT2D eigenvalue weighted by Crippen LogP contribution is -2.43. The van der Waals surface area contributed by atoms with E-state index in [0.29, 0.717) is 51.8 Å². The molecule has 1 heterocycles. The van der Waals surface area contributed by atoms with Crippen LogP contribution in [0.1, 0.15) is 38.7 Å². The average Bonchev–Trinajstić information content (AvgIpc) is 2.84. The van der Waals surface area contributed by atoms with Gasteiger partial charge in [0.15, 0.2) is 5.78 Å². The molecule has 1 aromatic rings. The van der Waals surface area contributed by atoms with Crippen LogP contribution in [0, 0.1) is 11.8 Å². The highest BCUT2D eigenvalue weighted by Crippen LogP contribution is 2.48. The number of carbonyl (C=O) groups is 3. The Morgan fingerprint density at radius 3 is 2.54 bits per heavy atom. The van der Waals surface area contributed by atoms with Crippen molar-refractivity contribution in [3.05, 3.63) is 46.3 Å². The summed E-state index contributed by atoms with van der Waals surface area (Å²) in [5.41, 5.74) is 2.60. The Kier molecular flexibility index (Phi) is 8.88. The minimum absolute atomic E-state index is 0.252. The Balaban J connectivity index is 2.15. The summed E-state index contributed by atoms with van der Waals surface area (Å²) in [5.74, 6) is -0.807. The standard InChI is InChI=1S/C26H33NO7S/c1-7-35-11-10-34-26(30)21-15(3)27-18-12-14(2)20(25(29)33-6)24(28)23(18)22(21)17-9-8-16(31-4)13-19(17)32-5/h8-9,13-14,20,22,27H,7,10-12H2,1-6H3/t14-,20-,22+/m1/s1. The average molecular weight is 504 g/mol. The van der Waals surface area contributed by atoms with Gasteiger partial charge in [0.05, 0.1) is 32.8 Å². The molecular weight excluding hydrogens is 470 g/mol. The van der Waals surface area contributed by atoms with E-state index in [2.05, 4.69) is 5.32 Å². The van der Waals surface area contributed by atoms with Crippen LogP contribution in [0.15, 0.2) is 40.7 Å². The summed E-state index contributed by atoms with van der Waals surface area (Å²) in [6.07, 6.45) is 0.461. The van der Waals surface area contributed by atoms with Crippen molar-refractivity contribution in [2.24, 2.45) is 11.8 Å². The van der Waals surface area contributed by atoms with Crippen molar-refractivity contribution in [2.45, 2.75) is 33.1 Å². The second-order valence-corrected chi connectivity index (χ2v) is 9.87. The molecule has 1 aliphatic carbocycles. The fourth-order valence-electron chi connectivity index (χ4n) is 4.73. The first-order chi connectivity index (χ1) is 16.8. The van der Waals surface area contributed by atoms with Gasteiger partial charge in [-0.25, -0.2) is 4.79 Å². The summed E-state index contributed by atoms with van der Waals surface area (Å²) < 4.78 is 21.5. The van der Waals surface area contributed by atoms with Gasteiger partial charge in [-0.3, -0.25) is 9.59 Å². The first-order valence-electron chi connectivity index (χ1n) is 11.6. The van der Waals surface area contributed by atoms with E-state index >= 15 is 0 Å². The lowest BCUT2D eigenvalue weighted by Gasteiger charge is -2.38. The third kappa shape index (κ3) is 5.34. The van der Waals surface area contributed by atoms with Gasteiger partial charge in [0.25, 0.3) is 0 Å². The molecule has 9 heteroatoms. The van der Waals surface area contributed by atoms with Crippen molar-refractivity contribution in [1.29, 1.82) is 0 Å². The van der Waals surface area contributed by atoms with Gasteiger partial charge in [0.2, 0.25) is 0 Å². The number of Topliss-reactive ketones (excluding diaryl/α,β-unsaturated/α-hetero) is 1. The number of esters is 2. The lowest BCUT2D eigenvalue weighted by atomic mass is 9.69. The fraction of sp³-hybridized carbons (Fsp3) is 0.500. The molecule has 0 unspecified atom stereocenters. The van der Waals surface area contributed by atoms with Gasteiger partial charge in [-0.1, -0.05) is 19.9 Å². The summed E-state index contributed by atoms with van der Waals surface area (Å²) in [5, 5.41) is 3.26. The number of nitrogens with one attached hydrogen (secondary N) is 1. The number of thioether (sulfide) groups is 1. The second-order valence-electron chi connectivity index (χ2n) is 8.48. The number of allylic oxidation sites excluding steroid dienone is 3. The van der Waals surface area contributed by atoms with Crippen LogP contribution in [-0.4, -0.2) is 57.2 Å². The molecule has 1 aromatic carbocycles. The molecule has 0 saturated carbocycles. The molecule has 0 aromatic heterocycles. The van der Waals surface area contributed by atoms with Gasteiger partial charge in [-0.15, -0.1) is 0 Å². The van der Waals surface area contributed by atoms with Gasteiger partial charge >= 0.3 is 11.9 Å². The topological polar surface area (TPSA) is 100 Å². The quantitative estimate of drug-likeness (QED) is 0.308. The number of ketones is 1. The summed E-state index contributed by atoms with van der Waals surface area (Å²) in [6.45, 7) is 5.94. The van der Waals surface area contributed by atoms with Crippen molar-refractivity contribution < 1.29 is 33.3 Å². The van der Waals surface area contributed by atoms with Crippen LogP contribution in [0.25, 0.3) is 0 Å². The minimum atomic E-state index is -0.955. The normalized spacial score (nSPS) is 21.8. The molecule has 3 atom stereocenters. The monoisotopic (exact) mass is 503 g/mol. The number of rotatable bonds is 9. The maximum absolute atomic E-state index is 13.8. The molecule has 0 radical (unpaired) electrons. The van der Waals surface area contributed by atoms with Crippen LogP contribution in [0.4, 0.5) is 0 Å². The molecule has 1 N–H and O–H groups in total. The predicted molar refractivity (Wildman–Crippen MR) is 133 cm³/mol. The van der Waals surface area contributed by atoms with Crippen molar-refractivity contribution in [1.82, 2.24) is 5.32 Å². The SMILES string of the molecule is CCSCCOC(=O)C1=C(C)NC2=C(C(=O)[C@H](C(=O)OC)[C@H](C)C2)[C@H]1c1ccc(OC)cc1OC. The van der Waals surface area contributed by atoms with Crippen molar-refractivity contribution in [3.8, 4) is 11.5 Å². The zero-order valence-corrected chi connectivity index (χ0v) is 21.9. The molecule has 8 nitrogen and oxygen atoms in total. The van der Waals surface area contributed by atoms with Crippen molar-refractivity contribution in [2.75, 3.05) is 39.4 Å². The number of hydrogen-bond acceptors (Lipinski definition) is 9. The molecule has 1 aliphatic heterocycles. The zero-order valence-electron chi connectivity index (χ0n) is 21.1. The first-order valence-corrected chi connectivity index (χ1v) is 12.7. The highest BCUT2D eigenvalue weighted by Gasteiger charge is 2.47. The Labute approximate surface area is 210 Å². The Morgan fingerprint density at radius 1 is 1.17 bits per heavy atom. The third-order valence-corrected chi connectivity index (χ3v) is 7.24. The summed E-state index contributed by atoms with van der Waals surface area (Å²) >= 11 is 1.67. The van der Waals surface area contributed by atoms with E-state index in [1.54, 1.807) is 44.0 Å². The largest absolute Gasteiger partial charge is 0.497 e. The molecule has 190 valence electrons. The van der Waals surface area contributed by atoms with Gasteiger partial charge in [0.1, 0.15) is 24.0 Å². The number of benzene rings is 1. The molecule has 0 bridgehead atoms. The summed E-state index contributed by atoms with van der Waals surface area (Å²) in [7, 11) is 4.34. The molecule has 2 aliphatic rings. The van der Waals surface area contributed by atoms with Crippen LogP contribution in [0.5, 0.6) is 11.5 Å². The molecule has 0 fully saturated rings. The molecule has 0 saturated heterocycles. The van der Waals surface area contributed by atoms with Crippen molar-refractivity contribution in [3.63, 3.8) is 0 Å². The van der Waals surface area contributed by atoms with Gasteiger partial charge in [-0.05, 0) is 31.1 Å². The minimum Gasteiger partial charge on any atom is -0.497 e. The van der Waals surface area contributed by atoms with E-state index in [1.165, 1.54) is 14.2 Å². The van der Waals surface area contributed by atoms with Crippen LogP contribution in [0.3, 0.4) is 0 Å². The zero-order chi connectivity index (χ0) is 25.7. The van der Waals surface area contributed by atoms with Gasteiger partial charge < -0.3 is 24.3 Å². The molecule has 35 heavy (non-hydrogen) atoms. The highest BCUT2D eigenvalue weighted by atomic mass is 32.2. The number of methoxy groups -OCH3 is 3. The predicted octanol–water partition coefficient (Wildman–Crippen LogP) is 3.61. The smallest absolute Gasteiger partial charge is 0.336 e. The van der Waals surface area contributed by atoms with Gasteiger partial charge in [-0.2, -0.15) is 11.8 Å². The number of hydrogen-bond donors (Lipinski definition) is 1. The van der Waals surface area contributed by atoms with Crippen LogP contribution < -0.4 is 14.8 Å². The van der Waals surface area contributed by atoms with Crippen LogP contribution in [-0.2, 0) is 23.9 Å². The first kappa shape index (κ1) is 26.7. The third-order valence-electron chi connectivity index (χ3n) is 6.38. The lowest BCUT2D eigenvalue weighted by molar-refractivity contribution is -0.151. The van der Waals surface area contributed by atoms with E-state index in [4.69, 9.17) is 18.9 Å². The highest BCUT2D eigenvalue weighted by molar-refractivity contribution is 7.99. The second kappa shape index (κ2) is 11.7. The molecular formula is C26H33NO7S. The van der Waals surface area contributed by atoms with E-state index in [9.17, 15) is 14.4 Å². The van der Waals surface area contributed by atoms with Crippen molar-refractivity contribution >= 4 is 29.5 Å². The molecule has 0 amide bonds. The Hall–Kier alpha value is -2.94. The van der Waals surface area contributed by atoms with E-state index in [1.807, 2.05) is 13.8 Å².